The molecule has 0 aromatic heterocycles. The Hall–Kier alpha value is -0.670. The van der Waals surface area contributed by atoms with Crippen LogP contribution in [0.5, 0.6) is 0 Å². The van der Waals surface area contributed by atoms with Crippen molar-refractivity contribution in [3.8, 4) is 0 Å². The predicted octanol–water partition coefficient (Wildman–Crippen LogP) is 2.75. The zero-order chi connectivity index (χ0) is 10.5. The minimum absolute atomic E-state index is 0.646. The van der Waals surface area contributed by atoms with Crippen molar-refractivity contribution >= 4 is 17.4 Å². The van der Waals surface area contributed by atoms with Gasteiger partial charge in [0.15, 0.2) is 0 Å². The van der Waals surface area contributed by atoms with Crippen LogP contribution in [0.25, 0.3) is 0 Å². The number of ether oxygens (including phenoxy) is 1. The second kappa shape index (κ2) is 5.42. The summed E-state index contributed by atoms with van der Waals surface area (Å²) in [4.78, 5) is 0. The van der Waals surface area contributed by atoms with Gasteiger partial charge in [0.2, 0.25) is 0 Å². The van der Waals surface area contributed by atoms with Crippen LogP contribution < -0.4 is 5.32 Å². The molecule has 1 aliphatic heterocycles. The number of benzene rings is 1. The summed E-state index contributed by atoms with van der Waals surface area (Å²) in [6.45, 7) is 0.689. The molecular weight excluding hydrogens is 206 g/mol. The molecular formula is C12H17NOS. The van der Waals surface area contributed by atoms with E-state index in [-0.39, 0.29) is 0 Å². The first-order chi connectivity index (χ1) is 7.38. The van der Waals surface area contributed by atoms with Crippen molar-refractivity contribution in [2.24, 2.45) is 0 Å². The highest BCUT2D eigenvalue weighted by atomic mass is 32.2. The highest BCUT2D eigenvalue weighted by Crippen LogP contribution is 2.21. The van der Waals surface area contributed by atoms with Crippen LogP contribution in [0.1, 0.15) is 12.0 Å². The fourth-order valence-corrected chi connectivity index (χ4v) is 2.95. The zero-order valence-corrected chi connectivity index (χ0v) is 9.85. The molecule has 1 saturated heterocycles. The van der Waals surface area contributed by atoms with Gasteiger partial charge < -0.3 is 10.1 Å². The second-order valence-electron chi connectivity index (χ2n) is 3.84. The van der Waals surface area contributed by atoms with Crippen molar-refractivity contribution in [3.63, 3.8) is 0 Å². The van der Waals surface area contributed by atoms with Gasteiger partial charge in [0.05, 0.1) is 6.61 Å². The number of methoxy groups -OCH3 is 1. The third kappa shape index (κ3) is 3.14. The molecule has 1 atom stereocenters. The lowest BCUT2D eigenvalue weighted by atomic mass is 10.2. The van der Waals surface area contributed by atoms with Crippen LogP contribution in [-0.2, 0) is 11.3 Å². The molecule has 1 unspecified atom stereocenters. The quantitative estimate of drug-likeness (QED) is 0.848. The molecule has 1 heterocycles. The molecule has 2 nitrogen and oxygen atoms in total. The average Bonchev–Trinajstić information content (AvgIpc) is 2.71. The van der Waals surface area contributed by atoms with Crippen molar-refractivity contribution in [2.75, 3.05) is 23.9 Å². The van der Waals surface area contributed by atoms with Gasteiger partial charge in [0, 0.05) is 24.6 Å². The maximum Gasteiger partial charge on any atom is 0.0713 e. The van der Waals surface area contributed by atoms with Gasteiger partial charge in [-0.1, -0.05) is 12.1 Å². The van der Waals surface area contributed by atoms with E-state index in [1.807, 2.05) is 11.8 Å². The van der Waals surface area contributed by atoms with Crippen molar-refractivity contribution in [3.05, 3.63) is 29.8 Å². The van der Waals surface area contributed by atoms with Crippen molar-refractivity contribution in [1.29, 1.82) is 0 Å². The SMILES string of the molecule is COCc1cccc(NC2CCSC2)c1. The van der Waals surface area contributed by atoms with E-state index >= 15 is 0 Å². The van der Waals surface area contributed by atoms with Crippen molar-refractivity contribution in [2.45, 2.75) is 19.1 Å². The van der Waals surface area contributed by atoms with Gasteiger partial charge in [0.25, 0.3) is 0 Å². The van der Waals surface area contributed by atoms with Gasteiger partial charge in [-0.15, -0.1) is 0 Å². The third-order valence-corrected chi connectivity index (χ3v) is 3.70. The van der Waals surface area contributed by atoms with E-state index in [9.17, 15) is 0 Å². The normalized spacial score (nSPS) is 20.5. The molecule has 15 heavy (non-hydrogen) atoms. The maximum absolute atomic E-state index is 5.12. The van der Waals surface area contributed by atoms with E-state index in [0.717, 1.165) is 0 Å². The topological polar surface area (TPSA) is 21.3 Å². The lowest BCUT2D eigenvalue weighted by Crippen LogP contribution is -2.17. The summed E-state index contributed by atoms with van der Waals surface area (Å²) >= 11 is 2.03. The molecule has 1 fully saturated rings. The average molecular weight is 223 g/mol. The van der Waals surface area contributed by atoms with Crippen molar-refractivity contribution in [1.82, 2.24) is 0 Å². The Morgan fingerprint density at radius 1 is 1.53 bits per heavy atom. The smallest absolute Gasteiger partial charge is 0.0713 e. The number of nitrogens with one attached hydrogen (secondary N) is 1. The van der Waals surface area contributed by atoms with E-state index in [0.29, 0.717) is 12.6 Å². The fraction of sp³-hybridized carbons (Fsp3) is 0.500. The number of rotatable bonds is 4. The summed E-state index contributed by atoms with van der Waals surface area (Å²) in [6, 6.07) is 9.12. The molecule has 1 aliphatic rings. The van der Waals surface area contributed by atoms with Crippen LogP contribution in [0.15, 0.2) is 24.3 Å². The lowest BCUT2D eigenvalue weighted by molar-refractivity contribution is 0.185. The van der Waals surface area contributed by atoms with E-state index in [1.54, 1.807) is 7.11 Å². The van der Waals surface area contributed by atoms with Gasteiger partial charge in [-0.3, -0.25) is 0 Å². The Bertz CT molecular complexity index is 310. The second-order valence-corrected chi connectivity index (χ2v) is 4.99. The van der Waals surface area contributed by atoms with Gasteiger partial charge in [-0.2, -0.15) is 11.8 Å². The summed E-state index contributed by atoms with van der Waals surface area (Å²) in [5.74, 6) is 2.52. The monoisotopic (exact) mass is 223 g/mol. The molecule has 2 rings (SSSR count). The van der Waals surface area contributed by atoms with E-state index in [2.05, 4.69) is 29.6 Å². The molecule has 82 valence electrons. The van der Waals surface area contributed by atoms with Gasteiger partial charge in [-0.05, 0) is 29.9 Å². The largest absolute Gasteiger partial charge is 0.381 e. The van der Waals surface area contributed by atoms with Crippen LogP contribution in [0, 0.1) is 0 Å². The Kier molecular flexibility index (Phi) is 3.92. The molecule has 1 N–H and O–H groups in total. The zero-order valence-electron chi connectivity index (χ0n) is 9.03. The number of anilines is 1. The molecule has 0 aliphatic carbocycles. The summed E-state index contributed by atoms with van der Waals surface area (Å²) in [6.07, 6.45) is 1.28. The van der Waals surface area contributed by atoms with Crippen LogP contribution in [0.4, 0.5) is 5.69 Å². The number of hydrogen-bond donors (Lipinski definition) is 1. The van der Waals surface area contributed by atoms with Crippen LogP contribution in [0.3, 0.4) is 0 Å². The summed E-state index contributed by atoms with van der Waals surface area (Å²) in [5, 5.41) is 3.56. The molecule has 0 radical (unpaired) electrons. The van der Waals surface area contributed by atoms with E-state index in [1.165, 1.54) is 29.2 Å². The summed E-state index contributed by atoms with van der Waals surface area (Å²) < 4.78 is 5.12. The maximum atomic E-state index is 5.12. The molecule has 1 aromatic carbocycles. The minimum atomic E-state index is 0.646. The summed E-state index contributed by atoms with van der Waals surface area (Å²) in [5.41, 5.74) is 2.45. The number of thioether (sulfide) groups is 1. The Labute approximate surface area is 95.4 Å². The first-order valence-electron chi connectivity index (χ1n) is 5.30. The molecule has 1 aromatic rings. The Morgan fingerprint density at radius 2 is 2.47 bits per heavy atom. The standard InChI is InChI=1S/C12H17NOS/c1-14-8-10-3-2-4-11(7-10)13-12-5-6-15-9-12/h2-4,7,12-13H,5-6,8-9H2,1H3. The molecule has 0 bridgehead atoms. The Morgan fingerprint density at radius 3 is 3.20 bits per heavy atom. The fourth-order valence-electron chi connectivity index (χ4n) is 1.80. The first kappa shape index (κ1) is 10.8. The first-order valence-corrected chi connectivity index (χ1v) is 6.46. The molecule has 0 spiro atoms. The predicted molar refractivity (Wildman–Crippen MR) is 66.5 cm³/mol. The van der Waals surface area contributed by atoms with Gasteiger partial charge in [-0.25, -0.2) is 0 Å². The third-order valence-electron chi connectivity index (χ3n) is 2.54. The lowest BCUT2D eigenvalue weighted by Gasteiger charge is -2.13. The van der Waals surface area contributed by atoms with E-state index < -0.39 is 0 Å². The highest BCUT2D eigenvalue weighted by molar-refractivity contribution is 7.99. The molecule has 0 saturated carbocycles. The highest BCUT2D eigenvalue weighted by Gasteiger charge is 2.14. The Balaban J connectivity index is 1.97. The minimum Gasteiger partial charge on any atom is -0.381 e. The van der Waals surface area contributed by atoms with Gasteiger partial charge >= 0.3 is 0 Å². The van der Waals surface area contributed by atoms with Crippen LogP contribution in [-0.4, -0.2) is 24.7 Å². The van der Waals surface area contributed by atoms with Gasteiger partial charge in [0.1, 0.15) is 0 Å². The molecule has 0 amide bonds. The number of hydrogen-bond acceptors (Lipinski definition) is 3. The van der Waals surface area contributed by atoms with Crippen molar-refractivity contribution < 1.29 is 4.74 Å². The summed E-state index contributed by atoms with van der Waals surface area (Å²) in [7, 11) is 1.73. The van der Waals surface area contributed by atoms with Crippen LogP contribution >= 0.6 is 11.8 Å². The molecule has 3 heteroatoms. The van der Waals surface area contributed by atoms with Crippen LogP contribution in [0.2, 0.25) is 0 Å². The van der Waals surface area contributed by atoms with E-state index in [4.69, 9.17) is 4.74 Å².